The second-order valence-electron chi connectivity index (χ2n) is 5.41. The van der Waals surface area contributed by atoms with Crippen molar-refractivity contribution in [1.29, 1.82) is 0 Å². The van der Waals surface area contributed by atoms with Crippen molar-refractivity contribution in [2.45, 2.75) is 40.2 Å². The molecule has 1 heterocycles. The van der Waals surface area contributed by atoms with Crippen LogP contribution >= 0.6 is 11.3 Å². The number of aromatic nitrogens is 1. The monoisotopic (exact) mass is 302 g/mol. The van der Waals surface area contributed by atoms with Crippen LogP contribution in [0.25, 0.3) is 11.3 Å². The van der Waals surface area contributed by atoms with Crippen LogP contribution in [-0.2, 0) is 4.79 Å². The molecule has 1 aromatic heterocycles. The standard InChI is InChI=1S/C17H22N2OS/c1-5-11(2)17(20)18-12(3)14-6-8-15(9-7-14)16-10-21-13(4)19-16/h6-12H,5H2,1-4H3,(H,18,20). The number of aryl methyl sites for hydroxylation is 1. The van der Waals surface area contributed by atoms with Gasteiger partial charge in [-0.05, 0) is 25.8 Å². The van der Waals surface area contributed by atoms with Gasteiger partial charge in [-0.2, -0.15) is 0 Å². The highest BCUT2D eigenvalue weighted by Crippen LogP contribution is 2.23. The van der Waals surface area contributed by atoms with Crippen molar-refractivity contribution in [1.82, 2.24) is 10.3 Å². The third kappa shape index (κ3) is 3.91. The molecule has 112 valence electrons. The highest BCUT2D eigenvalue weighted by Gasteiger charge is 2.14. The minimum Gasteiger partial charge on any atom is -0.349 e. The Morgan fingerprint density at radius 2 is 1.95 bits per heavy atom. The first-order valence-electron chi connectivity index (χ1n) is 7.34. The fourth-order valence-corrected chi connectivity index (χ4v) is 2.68. The summed E-state index contributed by atoms with van der Waals surface area (Å²) in [5.41, 5.74) is 3.24. The summed E-state index contributed by atoms with van der Waals surface area (Å²) in [7, 11) is 0. The molecule has 1 N–H and O–H groups in total. The number of carbonyl (C=O) groups excluding carboxylic acids is 1. The minimum atomic E-state index is 0.0257. The number of nitrogens with zero attached hydrogens (tertiary/aromatic N) is 1. The lowest BCUT2D eigenvalue weighted by Gasteiger charge is -2.17. The Balaban J connectivity index is 2.06. The van der Waals surface area contributed by atoms with Crippen molar-refractivity contribution in [3.8, 4) is 11.3 Å². The van der Waals surface area contributed by atoms with E-state index < -0.39 is 0 Å². The summed E-state index contributed by atoms with van der Waals surface area (Å²) >= 11 is 1.66. The largest absolute Gasteiger partial charge is 0.349 e. The first kappa shape index (κ1) is 15.7. The van der Waals surface area contributed by atoms with Gasteiger partial charge in [0.2, 0.25) is 5.91 Å². The van der Waals surface area contributed by atoms with Crippen molar-refractivity contribution >= 4 is 17.2 Å². The molecule has 0 aliphatic heterocycles. The number of hydrogen-bond donors (Lipinski definition) is 1. The maximum absolute atomic E-state index is 11.9. The number of thiazole rings is 1. The normalized spacial score (nSPS) is 13.7. The fourth-order valence-electron chi connectivity index (χ4n) is 2.06. The van der Waals surface area contributed by atoms with E-state index in [2.05, 4.69) is 39.9 Å². The molecule has 2 rings (SSSR count). The summed E-state index contributed by atoms with van der Waals surface area (Å²) in [5, 5.41) is 6.20. The number of amides is 1. The van der Waals surface area contributed by atoms with E-state index in [1.165, 1.54) is 0 Å². The van der Waals surface area contributed by atoms with Gasteiger partial charge in [0, 0.05) is 16.9 Å². The molecule has 0 saturated carbocycles. The lowest BCUT2D eigenvalue weighted by Crippen LogP contribution is -2.31. The zero-order valence-corrected chi connectivity index (χ0v) is 13.8. The van der Waals surface area contributed by atoms with E-state index in [1.807, 2.05) is 27.7 Å². The first-order chi connectivity index (χ1) is 10.0. The number of nitrogens with one attached hydrogen (secondary N) is 1. The SMILES string of the molecule is CCC(C)C(=O)NC(C)c1ccc(-c2csc(C)n2)cc1. The number of benzene rings is 1. The molecule has 0 spiro atoms. The molecule has 0 aliphatic rings. The molecule has 0 radical (unpaired) electrons. The summed E-state index contributed by atoms with van der Waals surface area (Å²) in [4.78, 5) is 16.4. The lowest BCUT2D eigenvalue weighted by molar-refractivity contribution is -0.125. The predicted molar refractivity (Wildman–Crippen MR) is 88.3 cm³/mol. The molecular weight excluding hydrogens is 280 g/mol. The lowest BCUT2D eigenvalue weighted by atomic mass is 10.0. The number of rotatable bonds is 5. The summed E-state index contributed by atoms with van der Waals surface area (Å²) in [6.45, 7) is 8.01. The van der Waals surface area contributed by atoms with Crippen molar-refractivity contribution in [2.24, 2.45) is 5.92 Å². The van der Waals surface area contributed by atoms with E-state index in [0.717, 1.165) is 28.2 Å². The van der Waals surface area contributed by atoms with Gasteiger partial charge in [-0.1, -0.05) is 38.1 Å². The van der Waals surface area contributed by atoms with Gasteiger partial charge in [0.25, 0.3) is 0 Å². The summed E-state index contributed by atoms with van der Waals surface area (Å²) in [6, 6.07) is 8.28. The van der Waals surface area contributed by atoms with Crippen molar-refractivity contribution in [2.75, 3.05) is 0 Å². The summed E-state index contributed by atoms with van der Waals surface area (Å²) < 4.78 is 0. The molecule has 0 aliphatic carbocycles. The Bertz CT molecular complexity index is 604. The average Bonchev–Trinajstić information content (AvgIpc) is 2.93. The topological polar surface area (TPSA) is 42.0 Å². The second-order valence-corrected chi connectivity index (χ2v) is 6.48. The number of hydrogen-bond acceptors (Lipinski definition) is 3. The van der Waals surface area contributed by atoms with E-state index >= 15 is 0 Å². The Hall–Kier alpha value is -1.68. The summed E-state index contributed by atoms with van der Waals surface area (Å²) in [6.07, 6.45) is 0.862. The van der Waals surface area contributed by atoms with Crippen molar-refractivity contribution < 1.29 is 4.79 Å². The maximum atomic E-state index is 11.9. The van der Waals surface area contributed by atoms with E-state index in [1.54, 1.807) is 11.3 Å². The Kier molecular flexibility index (Phi) is 5.12. The van der Waals surface area contributed by atoms with Crippen LogP contribution in [0.5, 0.6) is 0 Å². The van der Waals surface area contributed by atoms with Gasteiger partial charge < -0.3 is 5.32 Å². The first-order valence-corrected chi connectivity index (χ1v) is 8.22. The molecule has 0 saturated heterocycles. The molecular formula is C17H22N2OS. The third-order valence-corrected chi connectivity index (χ3v) is 4.52. The van der Waals surface area contributed by atoms with Gasteiger partial charge in [-0.25, -0.2) is 4.98 Å². The van der Waals surface area contributed by atoms with E-state index in [0.29, 0.717) is 0 Å². The number of carbonyl (C=O) groups is 1. The Morgan fingerprint density at radius 1 is 1.29 bits per heavy atom. The van der Waals surface area contributed by atoms with Crippen LogP contribution in [0, 0.1) is 12.8 Å². The molecule has 3 nitrogen and oxygen atoms in total. The van der Waals surface area contributed by atoms with Crippen LogP contribution in [0.3, 0.4) is 0 Å². The van der Waals surface area contributed by atoms with Gasteiger partial charge in [-0.15, -0.1) is 11.3 Å². The van der Waals surface area contributed by atoms with Gasteiger partial charge in [0.05, 0.1) is 16.7 Å². The van der Waals surface area contributed by atoms with Crippen LogP contribution in [0.4, 0.5) is 0 Å². The zero-order chi connectivity index (χ0) is 15.4. The van der Waals surface area contributed by atoms with Crippen LogP contribution in [0.15, 0.2) is 29.6 Å². The van der Waals surface area contributed by atoms with Crippen LogP contribution < -0.4 is 5.32 Å². The second kappa shape index (κ2) is 6.85. The average molecular weight is 302 g/mol. The molecule has 21 heavy (non-hydrogen) atoms. The van der Waals surface area contributed by atoms with Crippen LogP contribution in [0.1, 0.15) is 43.8 Å². The molecule has 4 heteroatoms. The molecule has 1 aromatic carbocycles. The van der Waals surface area contributed by atoms with Gasteiger partial charge in [0.1, 0.15) is 0 Å². The van der Waals surface area contributed by atoms with E-state index in [4.69, 9.17) is 0 Å². The van der Waals surface area contributed by atoms with E-state index in [9.17, 15) is 4.79 Å². The molecule has 1 amide bonds. The van der Waals surface area contributed by atoms with Gasteiger partial charge >= 0.3 is 0 Å². The van der Waals surface area contributed by atoms with Crippen molar-refractivity contribution in [3.63, 3.8) is 0 Å². The Labute approximate surface area is 130 Å². The van der Waals surface area contributed by atoms with Crippen molar-refractivity contribution in [3.05, 3.63) is 40.2 Å². The van der Waals surface area contributed by atoms with E-state index in [-0.39, 0.29) is 17.9 Å². The smallest absolute Gasteiger partial charge is 0.223 e. The predicted octanol–water partition coefficient (Wildman–Crippen LogP) is 4.34. The molecule has 0 fully saturated rings. The third-order valence-electron chi connectivity index (χ3n) is 3.74. The highest BCUT2D eigenvalue weighted by atomic mass is 32.1. The molecule has 2 aromatic rings. The maximum Gasteiger partial charge on any atom is 0.223 e. The molecule has 0 bridgehead atoms. The quantitative estimate of drug-likeness (QED) is 0.892. The minimum absolute atomic E-state index is 0.0257. The van der Waals surface area contributed by atoms with Crippen LogP contribution in [0.2, 0.25) is 0 Å². The molecule has 2 atom stereocenters. The zero-order valence-electron chi connectivity index (χ0n) is 13.0. The van der Waals surface area contributed by atoms with Gasteiger partial charge in [0.15, 0.2) is 0 Å². The van der Waals surface area contributed by atoms with Crippen LogP contribution in [-0.4, -0.2) is 10.9 Å². The Morgan fingerprint density at radius 3 is 2.48 bits per heavy atom. The fraction of sp³-hybridized carbons (Fsp3) is 0.412. The summed E-state index contributed by atoms with van der Waals surface area (Å²) in [5.74, 6) is 0.175. The van der Waals surface area contributed by atoms with Gasteiger partial charge in [-0.3, -0.25) is 4.79 Å². The molecule has 2 unspecified atom stereocenters. The highest BCUT2D eigenvalue weighted by molar-refractivity contribution is 7.09.